The molecule has 0 heterocycles. The van der Waals surface area contributed by atoms with Gasteiger partial charge < -0.3 is 14.8 Å². The zero-order chi connectivity index (χ0) is 18.0. The quantitative estimate of drug-likeness (QED) is 0.265. The van der Waals surface area contributed by atoms with Crippen LogP contribution in [0, 0.1) is 0 Å². The van der Waals surface area contributed by atoms with Crippen molar-refractivity contribution >= 4 is 12.1 Å². The van der Waals surface area contributed by atoms with Crippen LogP contribution >= 0.6 is 0 Å². The minimum absolute atomic E-state index is 0.0529. The van der Waals surface area contributed by atoms with Gasteiger partial charge in [-0.2, -0.15) is 0 Å². The number of carbonyl (C=O) groups excluding carboxylic acids is 2. The topological polar surface area (TPSA) is 64.6 Å². The molecule has 0 aliphatic carbocycles. The van der Waals surface area contributed by atoms with Gasteiger partial charge in [0.25, 0.3) is 0 Å². The Labute approximate surface area is 147 Å². The van der Waals surface area contributed by atoms with Crippen LogP contribution in [-0.4, -0.2) is 31.8 Å². The highest BCUT2D eigenvalue weighted by Crippen LogP contribution is 2.10. The summed E-state index contributed by atoms with van der Waals surface area (Å²) in [6, 6.07) is 0. The lowest BCUT2D eigenvalue weighted by Crippen LogP contribution is -2.26. The number of unbranched alkanes of at least 4 members (excludes halogenated alkanes) is 9. The molecule has 1 N–H and O–H groups in total. The second-order valence-corrected chi connectivity index (χ2v) is 6.16. The number of nitrogens with one attached hydrogen (secondary N) is 1. The van der Waals surface area contributed by atoms with Gasteiger partial charge >= 0.3 is 12.1 Å². The molecule has 0 fully saturated rings. The lowest BCUT2D eigenvalue weighted by molar-refractivity contribution is -0.139. The van der Waals surface area contributed by atoms with E-state index in [1.807, 2.05) is 0 Å². The van der Waals surface area contributed by atoms with Gasteiger partial charge in [0.05, 0.1) is 0 Å². The van der Waals surface area contributed by atoms with Crippen molar-refractivity contribution < 1.29 is 19.1 Å². The molecule has 140 valence electrons. The zero-order valence-electron chi connectivity index (χ0n) is 15.5. The number of esters is 1. The van der Waals surface area contributed by atoms with Crippen LogP contribution in [0.5, 0.6) is 0 Å². The summed E-state index contributed by atoms with van der Waals surface area (Å²) in [5, 5.41) is 2.70. The Bertz CT molecular complexity index is 355. The second kappa shape index (κ2) is 16.3. The number of hydrogen-bond donors (Lipinski definition) is 1. The van der Waals surface area contributed by atoms with E-state index in [0.717, 1.165) is 12.8 Å². The van der Waals surface area contributed by atoms with Crippen LogP contribution in [0.1, 0.15) is 78.1 Å². The van der Waals surface area contributed by atoms with E-state index in [1.54, 1.807) is 6.92 Å². The molecule has 0 aliphatic rings. The first-order valence-corrected chi connectivity index (χ1v) is 9.31. The molecule has 5 heteroatoms. The molecule has 0 aromatic heterocycles. The third kappa shape index (κ3) is 15.4. The van der Waals surface area contributed by atoms with Crippen molar-refractivity contribution in [3.8, 4) is 0 Å². The monoisotopic (exact) mass is 341 g/mol. The number of amides is 1. The molecular formula is C19H35NO4. The van der Waals surface area contributed by atoms with E-state index in [-0.39, 0.29) is 13.2 Å². The Morgan fingerprint density at radius 2 is 1.33 bits per heavy atom. The van der Waals surface area contributed by atoms with Gasteiger partial charge in [0, 0.05) is 12.1 Å². The summed E-state index contributed by atoms with van der Waals surface area (Å²) in [5.74, 6) is -0.468. The molecule has 0 aliphatic heterocycles. The fourth-order valence-electron chi connectivity index (χ4n) is 2.25. The molecule has 0 unspecified atom stereocenters. The predicted octanol–water partition coefficient (Wildman–Crippen LogP) is 4.75. The number of alkyl carbamates (subject to hydrolysis) is 1. The zero-order valence-corrected chi connectivity index (χ0v) is 15.5. The molecule has 0 saturated heterocycles. The van der Waals surface area contributed by atoms with E-state index in [4.69, 9.17) is 9.47 Å². The first kappa shape index (κ1) is 22.5. The Morgan fingerprint density at radius 3 is 1.88 bits per heavy atom. The number of hydrogen-bond acceptors (Lipinski definition) is 4. The van der Waals surface area contributed by atoms with Gasteiger partial charge in [0.1, 0.15) is 13.2 Å². The average Bonchev–Trinajstić information content (AvgIpc) is 2.56. The highest BCUT2D eigenvalue weighted by atomic mass is 16.6. The molecule has 0 aromatic carbocycles. The smallest absolute Gasteiger partial charge is 0.407 e. The van der Waals surface area contributed by atoms with Crippen LogP contribution in [-0.2, 0) is 14.3 Å². The normalized spacial score (nSPS) is 10.2. The molecule has 0 spiro atoms. The highest BCUT2D eigenvalue weighted by Gasteiger charge is 2.04. The van der Waals surface area contributed by atoms with Gasteiger partial charge in [0.2, 0.25) is 0 Å². The van der Waals surface area contributed by atoms with Crippen molar-refractivity contribution in [2.45, 2.75) is 78.1 Å². The Hall–Kier alpha value is -1.52. The minimum atomic E-state index is -0.468. The largest absolute Gasteiger partial charge is 0.459 e. The molecule has 0 saturated carbocycles. The van der Waals surface area contributed by atoms with Crippen LogP contribution in [0.3, 0.4) is 0 Å². The summed E-state index contributed by atoms with van der Waals surface area (Å²) in [4.78, 5) is 22.5. The van der Waals surface area contributed by atoms with E-state index in [1.165, 1.54) is 51.4 Å². The fourth-order valence-corrected chi connectivity index (χ4v) is 2.25. The maximum Gasteiger partial charge on any atom is 0.407 e. The Morgan fingerprint density at radius 1 is 0.833 bits per heavy atom. The average molecular weight is 341 g/mol. The molecule has 0 rings (SSSR count). The Kier molecular flexibility index (Phi) is 15.3. The molecule has 0 atom stereocenters. The van der Waals surface area contributed by atoms with Crippen LogP contribution in [0.4, 0.5) is 4.79 Å². The summed E-state index contributed by atoms with van der Waals surface area (Å²) in [6.07, 6.45) is 12.2. The lowest BCUT2D eigenvalue weighted by atomic mass is 10.1. The van der Waals surface area contributed by atoms with Gasteiger partial charge in [-0.1, -0.05) is 71.3 Å². The maximum absolute atomic E-state index is 11.4. The van der Waals surface area contributed by atoms with Gasteiger partial charge in [-0.15, -0.1) is 0 Å². The standard InChI is InChI=1S/C19H35NO4/c1-4-5-6-7-8-9-10-11-12-13-14-20-19(22)24-16-15-23-18(21)17(2)3/h2,4-16H2,1,3H3,(H,20,22). The van der Waals surface area contributed by atoms with E-state index >= 15 is 0 Å². The number of carbonyl (C=O) groups is 2. The van der Waals surface area contributed by atoms with Crippen LogP contribution in [0.25, 0.3) is 0 Å². The highest BCUT2D eigenvalue weighted by molar-refractivity contribution is 5.86. The molecule has 0 radical (unpaired) electrons. The fraction of sp³-hybridized carbons (Fsp3) is 0.789. The van der Waals surface area contributed by atoms with Crippen molar-refractivity contribution in [1.82, 2.24) is 5.32 Å². The van der Waals surface area contributed by atoms with E-state index in [2.05, 4.69) is 18.8 Å². The molecule has 24 heavy (non-hydrogen) atoms. The van der Waals surface area contributed by atoms with Crippen LogP contribution in [0.2, 0.25) is 0 Å². The van der Waals surface area contributed by atoms with Crippen molar-refractivity contribution in [2.75, 3.05) is 19.8 Å². The van der Waals surface area contributed by atoms with Crippen molar-refractivity contribution in [3.63, 3.8) is 0 Å². The Balaban J connectivity index is 3.26. The van der Waals surface area contributed by atoms with Gasteiger partial charge in [-0.3, -0.25) is 0 Å². The molecule has 0 aromatic rings. The summed E-state index contributed by atoms with van der Waals surface area (Å²) in [7, 11) is 0. The van der Waals surface area contributed by atoms with Crippen molar-refractivity contribution in [1.29, 1.82) is 0 Å². The summed E-state index contributed by atoms with van der Waals surface area (Å²) >= 11 is 0. The molecule has 1 amide bonds. The van der Waals surface area contributed by atoms with Crippen LogP contribution < -0.4 is 5.32 Å². The molecular weight excluding hydrogens is 306 g/mol. The summed E-state index contributed by atoms with van der Waals surface area (Å²) in [5.41, 5.74) is 0.334. The van der Waals surface area contributed by atoms with Gasteiger partial charge in [-0.05, 0) is 13.3 Å². The van der Waals surface area contributed by atoms with Gasteiger partial charge in [0.15, 0.2) is 0 Å². The first-order chi connectivity index (χ1) is 11.6. The van der Waals surface area contributed by atoms with E-state index in [0.29, 0.717) is 12.1 Å². The van der Waals surface area contributed by atoms with E-state index < -0.39 is 12.1 Å². The predicted molar refractivity (Wildman–Crippen MR) is 97.0 cm³/mol. The molecule has 5 nitrogen and oxygen atoms in total. The third-order valence-electron chi connectivity index (χ3n) is 3.70. The lowest BCUT2D eigenvalue weighted by Gasteiger charge is -2.07. The molecule has 0 bridgehead atoms. The maximum atomic E-state index is 11.4. The summed E-state index contributed by atoms with van der Waals surface area (Å²) in [6.45, 7) is 8.01. The third-order valence-corrected chi connectivity index (χ3v) is 3.70. The van der Waals surface area contributed by atoms with Gasteiger partial charge in [-0.25, -0.2) is 9.59 Å². The van der Waals surface area contributed by atoms with Crippen molar-refractivity contribution in [3.05, 3.63) is 12.2 Å². The first-order valence-electron chi connectivity index (χ1n) is 9.31. The van der Waals surface area contributed by atoms with Crippen LogP contribution in [0.15, 0.2) is 12.2 Å². The van der Waals surface area contributed by atoms with E-state index in [9.17, 15) is 9.59 Å². The second-order valence-electron chi connectivity index (χ2n) is 6.16. The summed E-state index contributed by atoms with van der Waals surface area (Å²) < 4.78 is 9.73. The minimum Gasteiger partial charge on any atom is -0.459 e. The van der Waals surface area contributed by atoms with Crippen molar-refractivity contribution in [2.24, 2.45) is 0 Å². The number of rotatable bonds is 15. The SMILES string of the molecule is C=C(C)C(=O)OCCOC(=O)NCCCCCCCCCCCC. The number of ether oxygens (including phenoxy) is 2.